The molecule has 4 heteroatoms. The molecular weight excluding hydrogens is 143 g/mol. The Morgan fingerprint density at radius 3 is 2.00 bits per heavy atom. The topological polar surface area (TPSA) is 46.5 Å². The fraction of sp³-hybridized carbons (Fsp3) is 0.833. The van der Waals surface area contributed by atoms with Crippen molar-refractivity contribution >= 4 is 35.5 Å². The molecule has 0 saturated heterocycles. The summed E-state index contributed by atoms with van der Waals surface area (Å²) in [4.78, 5) is 9.92. The van der Waals surface area contributed by atoms with Crippen LogP contribution in [0.5, 0.6) is 0 Å². The van der Waals surface area contributed by atoms with E-state index >= 15 is 0 Å². The maximum Gasteiger partial charge on any atom is 0.329 e. The van der Waals surface area contributed by atoms with Crippen LogP contribution >= 0.6 is 0 Å². The standard InChI is InChI=1S/C6H12O3.Na/c1-6(2,3)9-4-5(7)8;/h4H2,1-3H3,(H,7,8);. The fourth-order valence-electron chi connectivity index (χ4n) is 0.278. The summed E-state index contributed by atoms with van der Waals surface area (Å²) in [6.07, 6.45) is 0. The van der Waals surface area contributed by atoms with Gasteiger partial charge in [0, 0.05) is 29.6 Å². The van der Waals surface area contributed by atoms with E-state index in [1.165, 1.54) is 0 Å². The normalized spacial score (nSPS) is 10.3. The van der Waals surface area contributed by atoms with E-state index in [0.717, 1.165) is 0 Å². The molecule has 10 heavy (non-hydrogen) atoms. The van der Waals surface area contributed by atoms with E-state index in [1.807, 2.05) is 20.8 Å². The van der Waals surface area contributed by atoms with Crippen molar-refractivity contribution < 1.29 is 14.6 Å². The first-order valence-corrected chi connectivity index (χ1v) is 2.77. The van der Waals surface area contributed by atoms with Gasteiger partial charge in [-0.05, 0) is 20.8 Å². The average molecular weight is 155 g/mol. The van der Waals surface area contributed by atoms with E-state index < -0.39 is 5.97 Å². The van der Waals surface area contributed by atoms with E-state index in [1.54, 1.807) is 0 Å². The SMILES string of the molecule is CC(C)(C)OCC(=O)O.[Na]. The Morgan fingerprint density at radius 2 is 1.90 bits per heavy atom. The Morgan fingerprint density at radius 1 is 1.50 bits per heavy atom. The van der Waals surface area contributed by atoms with Gasteiger partial charge in [0.15, 0.2) is 0 Å². The summed E-state index contributed by atoms with van der Waals surface area (Å²) in [5, 5.41) is 8.15. The molecule has 0 atom stereocenters. The average Bonchev–Trinajstić information content (AvgIpc) is 1.59. The van der Waals surface area contributed by atoms with Crippen molar-refractivity contribution in [2.75, 3.05) is 6.61 Å². The van der Waals surface area contributed by atoms with Crippen molar-refractivity contribution in [1.82, 2.24) is 0 Å². The zero-order chi connectivity index (χ0) is 7.49. The summed E-state index contributed by atoms with van der Waals surface area (Å²) in [6.45, 7) is 5.23. The second-order valence-corrected chi connectivity index (χ2v) is 2.79. The van der Waals surface area contributed by atoms with Crippen LogP contribution in [0, 0.1) is 0 Å². The first-order chi connectivity index (χ1) is 3.92. The molecular formula is C6H12NaO3. The van der Waals surface area contributed by atoms with Gasteiger partial charge in [-0.15, -0.1) is 0 Å². The van der Waals surface area contributed by atoms with Crippen LogP contribution in [-0.2, 0) is 9.53 Å². The summed E-state index contributed by atoms with van der Waals surface area (Å²) in [7, 11) is 0. The smallest absolute Gasteiger partial charge is 0.329 e. The van der Waals surface area contributed by atoms with Crippen LogP contribution in [-0.4, -0.2) is 52.8 Å². The molecule has 1 radical (unpaired) electrons. The minimum atomic E-state index is -0.926. The number of aliphatic carboxylic acids is 1. The monoisotopic (exact) mass is 155 g/mol. The Balaban J connectivity index is 0. The molecule has 0 rings (SSSR count). The number of carboxylic acid groups (broad SMARTS) is 1. The Hall–Kier alpha value is 0.430. The van der Waals surface area contributed by atoms with Gasteiger partial charge in [0.05, 0.1) is 5.60 Å². The van der Waals surface area contributed by atoms with Crippen LogP contribution in [0.25, 0.3) is 0 Å². The molecule has 0 fully saturated rings. The summed E-state index contributed by atoms with van der Waals surface area (Å²) in [5.41, 5.74) is -0.349. The molecule has 0 saturated carbocycles. The minimum absolute atomic E-state index is 0. The van der Waals surface area contributed by atoms with Crippen molar-refractivity contribution in [2.24, 2.45) is 0 Å². The Kier molecular flexibility index (Phi) is 6.69. The predicted octanol–water partition coefficient (Wildman–Crippen LogP) is 0.505. The van der Waals surface area contributed by atoms with Crippen molar-refractivity contribution in [3.63, 3.8) is 0 Å². The largest absolute Gasteiger partial charge is 0.480 e. The molecule has 55 valence electrons. The van der Waals surface area contributed by atoms with E-state index in [4.69, 9.17) is 9.84 Å². The second-order valence-electron chi connectivity index (χ2n) is 2.79. The first-order valence-electron chi connectivity index (χ1n) is 2.77. The Labute approximate surface area is 83.0 Å². The number of carbonyl (C=O) groups is 1. The van der Waals surface area contributed by atoms with Crippen molar-refractivity contribution in [3.8, 4) is 0 Å². The molecule has 0 aliphatic rings. The van der Waals surface area contributed by atoms with E-state index in [9.17, 15) is 4.79 Å². The summed E-state index contributed by atoms with van der Waals surface area (Å²) in [6, 6.07) is 0. The van der Waals surface area contributed by atoms with Crippen LogP contribution in [0.15, 0.2) is 0 Å². The van der Waals surface area contributed by atoms with Gasteiger partial charge in [-0.1, -0.05) is 0 Å². The third-order valence-corrected chi connectivity index (χ3v) is 0.629. The van der Waals surface area contributed by atoms with Crippen LogP contribution in [0.1, 0.15) is 20.8 Å². The quantitative estimate of drug-likeness (QED) is 0.591. The molecule has 0 aliphatic carbocycles. The van der Waals surface area contributed by atoms with Crippen LogP contribution in [0.2, 0.25) is 0 Å². The van der Waals surface area contributed by atoms with Crippen LogP contribution < -0.4 is 0 Å². The van der Waals surface area contributed by atoms with Gasteiger partial charge in [-0.25, -0.2) is 4.79 Å². The first kappa shape index (κ1) is 13.1. The van der Waals surface area contributed by atoms with Crippen molar-refractivity contribution in [3.05, 3.63) is 0 Å². The van der Waals surface area contributed by atoms with Gasteiger partial charge in [0.1, 0.15) is 6.61 Å². The fourth-order valence-corrected chi connectivity index (χ4v) is 0.278. The van der Waals surface area contributed by atoms with Gasteiger partial charge in [0.25, 0.3) is 0 Å². The number of ether oxygens (including phenoxy) is 1. The summed E-state index contributed by atoms with van der Waals surface area (Å²) >= 11 is 0. The predicted molar refractivity (Wildman–Crippen MR) is 39.1 cm³/mol. The summed E-state index contributed by atoms with van der Waals surface area (Å²) in [5.74, 6) is -0.926. The molecule has 0 aromatic heterocycles. The van der Waals surface area contributed by atoms with Gasteiger partial charge in [-0.2, -0.15) is 0 Å². The van der Waals surface area contributed by atoms with Crippen molar-refractivity contribution in [2.45, 2.75) is 26.4 Å². The van der Waals surface area contributed by atoms with E-state index in [-0.39, 0.29) is 41.8 Å². The van der Waals surface area contributed by atoms with Gasteiger partial charge >= 0.3 is 5.97 Å². The molecule has 0 amide bonds. The molecule has 0 aromatic carbocycles. The molecule has 0 aromatic rings. The zero-order valence-electron chi connectivity index (χ0n) is 6.97. The Bertz CT molecular complexity index is 106. The maximum atomic E-state index is 9.92. The molecule has 0 bridgehead atoms. The molecule has 0 spiro atoms. The van der Waals surface area contributed by atoms with Gasteiger partial charge < -0.3 is 9.84 Å². The second kappa shape index (κ2) is 5.13. The molecule has 1 N–H and O–H groups in total. The number of rotatable bonds is 2. The third-order valence-electron chi connectivity index (χ3n) is 0.629. The zero-order valence-corrected chi connectivity index (χ0v) is 8.97. The van der Waals surface area contributed by atoms with Gasteiger partial charge in [-0.3, -0.25) is 0 Å². The maximum absolute atomic E-state index is 9.92. The number of hydrogen-bond acceptors (Lipinski definition) is 2. The number of hydrogen-bond donors (Lipinski definition) is 1. The van der Waals surface area contributed by atoms with Crippen molar-refractivity contribution in [1.29, 1.82) is 0 Å². The summed E-state index contributed by atoms with van der Waals surface area (Å²) < 4.78 is 4.89. The third kappa shape index (κ3) is 11.3. The minimum Gasteiger partial charge on any atom is -0.480 e. The molecule has 0 unspecified atom stereocenters. The van der Waals surface area contributed by atoms with Gasteiger partial charge in [0.2, 0.25) is 0 Å². The number of carboxylic acids is 1. The molecule has 3 nitrogen and oxygen atoms in total. The van der Waals surface area contributed by atoms with E-state index in [2.05, 4.69) is 0 Å². The molecule has 0 aliphatic heterocycles. The molecule has 0 heterocycles. The van der Waals surface area contributed by atoms with Crippen LogP contribution in [0.4, 0.5) is 0 Å². The van der Waals surface area contributed by atoms with E-state index in [0.29, 0.717) is 0 Å². The van der Waals surface area contributed by atoms with Crippen LogP contribution in [0.3, 0.4) is 0 Å².